The molecule has 1 unspecified atom stereocenters. The van der Waals surface area contributed by atoms with E-state index in [4.69, 9.17) is 5.73 Å². The molecule has 0 rings (SSSR count). The zero-order valence-corrected chi connectivity index (χ0v) is 12.2. The van der Waals surface area contributed by atoms with Gasteiger partial charge in [0.15, 0.2) is 0 Å². The Bertz CT molecular complexity index is 154. The Balaban J connectivity index is 4.00. The summed E-state index contributed by atoms with van der Waals surface area (Å²) in [5, 5.41) is 0. The lowest BCUT2D eigenvalue weighted by molar-refractivity contribution is 0.207. The molecule has 0 saturated heterocycles. The summed E-state index contributed by atoms with van der Waals surface area (Å²) in [6.07, 6.45) is 1.12. The maximum atomic E-state index is 6.10. The fraction of sp³-hybridized carbons (Fsp3) is 1.00. The first kappa shape index (κ1) is 15.9. The van der Waals surface area contributed by atoms with Crippen LogP contribution in [0.25, 0.3) is 0 Å². The van der Waals surface area contributed by atoms with E-state index >= 15 is 0 Å². The van der Waals surface area contributed by atoms with Gasteiger partial charge in [-0.3, -0.25) is 0 Å². The van der Waals surface area contributed by atoms with Gasteiger partial charge in [0.25, 0.3) is 0 Å². The molecule has 0 aromatic rings. The molecule has 0 aromatic heterocycles. The second-order valence-corrected chi connectivity index (χ2v) is 6.24. The summed E-state index contributed by atoms with van der Waals surface area (Å²) in [6.45, 7) is 17.1. The minimum absolute atomic E-state index is 0.349. The summed E-state index contributed by atoms with van der Waals surface area (Å²) >= 11 is 0. The smallest absolute Gasteiger partial charge is 0.00740 e. The van der Waals surface area contributed by atoms with Crippen LogP contribution in [0.15, 0.2) is 0 Å². The first-order valence-corrected chi connectivity index (χ1v) is 6.80. The minimum atomic E-state index is 0.349. The van der Waals surface area contributed by atoms with Gasteiger partial charge in [0.05, 0.1) is 0 Å². The van der Waals surface area contributed by atoms with Gasteiger partial charge in [-0.25, -0.2) is 0 Å². The van der Waals surface area contributed by atoms with Crippen molar-refractivity contribution in [2.75, 3.05) is 19.6 Å². The van der Waals surface area contributed by atoms with Crippen LogP contribution in [0.4, 0.5) is 0 Å². The molecule has 2 heteroatoms. The highest BCUT2D eigenvalue weighted by molar-refractivity contribution is 4.70. The molecule has 0 spiro atoms. The first-order chi connectivity index (χ1) is 7.32. The van der Waals surface area contributed by atoms with E-state index in [1.165, 1.54) is 13.1 Å². The van der Waals surface area contributed by atoms with E-state index in [1.807, 2.05) is 0 Å². The Labute approximate surface area is 103 Å². The van der Waals surface area contributed by atoms with Gasteiger partial charge in [0, 0.05) is 19.1 Å². The maximum absolute atomic E-state index is 6.10. The van der Waals surface area contributed by atoms with Crippen molar-refractivity contribution in [1.82, 2.24) is 4.90 Å². The van der Waals surface area contributed by atoms with Crippen molar-refractivity contribution in [2.45, 2.75) is 54.0 Å². The lowest BCUT2D eigenvalue weighted by Crippen LogP contribution is -2.37. The topological polar surface area (TPSA) is 29.3 Å². The van der Waals surface area contributed by atoms with Gasteiger partial charge in [-0.1, -0.05) is 41.5 Å². The standard InChI is InChI=1S/C14H32N2/c1-11(2)9-16(10-12(3)4)8-7-14(15)13(5)6/h11-14H,7-10,15H2,1-6H3. The molecule has 2 nitrogen and oxygen atoms in total. The van der Waals surface area contributed by atoms with Crippen LogP contribution in [0.5, 0.6) is 0 Å². The van der Waals surface area contributed by atoms with Crippen molar-refractivity contribution in [3.05, 3.63) is 0 Å². The van der Waals surface area contributed by atoms with Crippen LogP contribution in [-0.4, -0.2) is 30.6 Å². The minimum Gasteiger partial charge on any atom is -0.327 e. The van der Waals surface area contributed by atoms with Gasteiger partial charge in [0.2, 0.25) is 0 Å². The van der Waals surface area contributed by atoms with E-state index in [2.05, 4.69) is 46.4 Å². The maximum Gasteiger partial charge on any atom is 0.00740 e. The number of nitrogens with zero attached hydrogens (tertiary/aromatic N) is 1. The van der Waals surface area contributed by atoms with Crippen LogP contribution in [-0.2, 0) is 0 Å². The van der Waals surface area contributed by atoms with Crippen LogP contribution in [0, 0.1) is 17.8 Å². The van der Waals surface area contributed by atoms with Crippen molar-refractivity contribution in [2.24, 2.45) is 23.5 Å². The Morgan fingerprint density at radius 1 is 0.875 bits per heavy atom. The van der Waals surface area contributed by atoms with Crippen LogP contribution in [0.3, 0.4) is 0 Å². The summed E-state index contributed by atoms with van der Waals surface area (Å²) in [5.74, 6) is 2.09. The summed E-state index contributed by atoms with van der Waals surface area (Å²) in [4.78, 5) is 2.57. The van der Waals surface area contributed by atoms with Crippen molar-refractivity contribution in [3.63, 3.8) is 0 Å². The van der Waals surface area contributed by atoms with Crippen molar-refractivity contribution < 1.29 is 0 Å². The third-order valence-corrected chi connectivity index (χ3v) is 2.88. The fourth-order valence-electron chi connectivity index (χ4n) is 1.95. The lowest BCUT2D eigenvalue weighted by atomic mass is 10.0. The van der Waals surface area contributed by atoms with Crippen LogP contribution >= 0.6 is 0 Å². The van der Waals surface area contributed by atoms with E-state index in [9.17, 15) is 0 Å². The molecule has 0 aliphatic heterocycles. The molecule has 0 aliphatic carbocycles. The molecule has 0 fully saturated rings. The molecule has 98 valence electrons. The second-order valence-electron chi connectivity index (χ2n) is 6.24. The largest absolute Gasteiger partial charge is 0.327 e. The first-order valence-electron chi connectivity index (χ1n) is 6.80. The van der Waals surface area contributed by atoms with Crippen molar-refractivity contribution in [3.8, 4) is 0 Å². The summed E-state index contributed by atoms with van der Waals surface area (Å²) in [6, 6.07) is 0.349. The van der Waals surface area contributed by atoms with Gasteiger partial charge in [-0.15, -0.1) is 0 Å². The molecule has 16 heavy (non-hydrogen) atoms. The number of hydrogen-bond acceptors (Lipinski definition) is 2. The van der Waals surface area contributed by atoms with Gasteiger partial charge >= 0.3 is 0 Å². The van der Waals surface area contributed by atoms with Crippen LogP contribution in [0.2, 0.25) is 0 Å². The quantitative estimate of drug-likeness (QED) is 0.692. The molecule has 2 N–H and O–H groups in total. The van der Waals surface area contributed by atoms with Gasteiger partial charge in [0.1, 0.15) is 0 Å². The molecule has 0 saturated carbocycles. The second kappa shape index (κ2) is 8.08. The SMILES string of the molecule is CC(C)CN(CCC(N)C(C)C)CC(C)C. The summed E-state index contributed by atoms with van der Waals surface area (Å²) in [7, 11) is 0. The highest BCUT2D eigenvalue weighted by Gasteiger charge is 2.13. The molecule has 0 bridgehead atoms. The normalized spacial score (nSPS) is 14.4. The number of hydrogen-bond donors (Lipinski definition) is 1. The predicted octanol–water partition coefficient (Wildman–Crippen LogP) is 2.97. The van der Waals surface area contributed by atoms with E-state index < -0.39 is 0 Å². The van der Waals surface area contributed by atoms with Crippen LogP contribution in [0.1, 0.15) is 48.0 Å². The Morgan fingerprint density at radius 2 is 1.31 bits per heavy atom. The molecule has 0 aliphatic rings. The molecule has 0 amide bonds. The van der Waals surface area contributed by atoms with Crippen molar-refractivity contribution in [1.29, 1.82) is 0 Å². The van der Waals surface area contributed by atoms with E-state index in [0.29, 0.717) is 12.0 Å². The van der Waals surface area contributed by atoms with Gasteiger partial charge in [-0.05, 0) is 30.7 Å². The zero-order valence-electron chi connectivity index (χ0n) is 12.2. The molecular formula is C14H32N2. The Morgan fingerprint density at radius 3 is 1.62 bits per heavy atom. The highest BCUT2D eigenvalue weighted by atomic mass is 15.1. The summed E-state index contributed by atoms with van der Waals surface area (Å²) in [5.41, 5.74) is 6.10. The molecular weight excluding hydrogens is 196 g/mol. The monoisotopic (exact) mass is 228 g/mol. The average molecular weight is 228 g/mol. The number of nitrogens with two attached hydrogens (primary N) is 1. The van der Waals surface area contributed by atoms with E-state index in [0.717, 1.165) is 24.8 Å². The van der Waals surface area contributed by atoms with E-state index in [-0.39, 0.29) is 0 Å². The zero-order chi connectivity index (χ0) is 12.7. The molecule has 0 aromatic carbocycles. The van der Waals surface area contributed by atoms with Crippen LogP contribution < -0.4 is 5.73 Å². The number of rotatable bonds is 8. The molecule has 0 radical (unpaired) electrons. The molecule has 1 atom stereocenters. The fourth-order valence-corrected chi connectivity index (χ4v) is 1.95. The third-order valence-electron chi connectivity index (χ3n) is 2.88. The Kier molecular flexibility index (Phi) is 8.04. The average Bonchev–Trinajstić information content (AvgIpc) is 2.11. The third kappa shape index (κ3) is 8.12. The highest BCUT2D eigenvalue weighted by Crippen LogP contribution is 2.08. The predicted molar refractivity (Wildman–Crippen MR) is 73.5 cm³/mol. The van der Waals surface area contributed by atoms with E-state index in [1.54, 1.807) is 0 Å². The van der Waals surface area contributed by atoms with Gasteiger partial charge in [-0.2, -0.15) is 0 Å². The lowest BCUT2D eigenvalue weighted by Gasteiger charge is -2.28. The van der Waals surface area contributed by atoms with Crippen molar-refractivity contribution >= 4 is 0 Å². The Hall–Kier alpha value is -0.0800. The summed E-state index contributed by atoms with van der Waals surface area (Å²) < 4.78 is 0. The van der Waals surface area contributed by atoms with Gasteiger partial charge < -0.3 is 10.6 Å². The molecule has 0 heterocycles.